The molecule has 0 aliphatic rings. The Bertz CT molecular complexity index is 588. The van der Waals surface area contributed by atoms with Gasteiger partial charge in [0.05, 0.1) is 10.9 Å². The Morgan fingerprint density at radius 1 is 1.42 bits per heavy atom. The second-order valence-electron chi connectivity index (χ2n) is 4.10. The number of carbonyl (C=O) groups is 1. The summed E-state index contributed by atoms with van der Waals surface area (Å²) in [6.07, 6.45) is 0. The van der Waals surface area contributed by atoms with Crippen molar-refractivity contribution in [3.8, 4) is 0 Å². The Morgan fingerprint density at radius 2 is 2.00 bits per heavy atom. The summed E-state index contributed by atoms with van der Waals surface area (Å²) in [5.74, 6) is -1.89. The Labute approximate surface area is 121 Å². The molecule has 0 saturated heterocycles. The smallest absolute Gasteiger partial charge is 0.307 e. The second kappa shape index (κ2) is 6.09. The van der Waals surface area contributed by atoms with E-state index in [1.54, 1.807) is 0 Å². The van der Waals surface area contributed by atoms with E-state index >= 15 is 0 Å². The zero-order valence-electron chi connectivity index (χ0n) is 10.3. The van der Waals surface area contributed by atoms with Crippen LogP contribution in [-0.2, 0) is 14.8 Å². The number of carboxylic acids is 1. The first kappa shape index (κ1) is 16.2. The van der Waals surface area contributed by atoms with E-state index in [0.717, 1.165) is 4.31 Å². The van der Waals surface area contributed by atoms with Gasteiger partial charge in [-0.3, -0.25) is 4.79 Å². The minimum Gasteiger partial charge on any atom is -0.481 e. The van der Waals surface area contributed by atoms with Gasteiger partial charge in [-0.25, -0.2) is 12.7 Å². The van der Waals surface area contributed by atoms with Crippen LogP contribution in [0.5, 0.6) is 0 Å². The van der Waals surface area contributed by atoms with Crippen molar-refractivity contribution in [1.82, 2.24) is 4.31 Å². The molecule has 1 atom stereocenters. The van der Waals surface area contributed by atoms with Crippen LogP contribution in [0.1, 0.15) is 6.92 Å². The highest BCUT2D eigenvalue weighted by molar-refractivity contribution is 7.89. The van der Waals surface area contributed by atoms with Crippen LogP contribution in [0.4, 0.5) is 0 Å². The summed E-state index contributed by atoms with van der Waals surface area (Å²) in [6, 6.07) is 4.09. The van der Waals surface area contributed by atoms with Crippen molar-refractivity contribution in [3.63, 3.8) is 0 Å². The van der Waals surface area contributed by atoms with Gasteiger partial charge < -0.3 is 5.11 Å². The largest absolute Gasteiger partial charge is 0.481 e. The van der Waals surface area contributed by atoms with E-state index in [1.807, 2.05) is 0 Å². The molecule has 1 aromatic carbocycles. The molecule has 5 nitrogen and oxygen atoms in total. The highest BCUT2D eigenvalue weighted by Crippen LogP contribution is 2.27. The zero-order valence-corrected chi connectivity index (χ0v) is 12.6. The number of hydrogen-bond donors (Lipinski definition) is 1. The average Bonchev–Trinajstić information content (AvgIpc) is 2.31. The van der Waals surface area contributed by atoms with Crippen LogP contribution >= 0.6 is 23.2 Å². The lowest BCUT2D eigenvalue weighted by Crippen LogP contribution is -2.33. The van der Waals surface area contributed by atoms with Gasteiger partial charge in [-0.15, -0.1) is 0 Å². The van der Waals surface area contributed by atoms with Crippen LogP contribution in [0.3, 0.4) is 0 Å². The summed E-state index contributed by atoms with van der Waals surface area (Å²) in [5.41, 5.74) is 0. The molecule has 1 N–H and O–H groups in total. The first-order valence-electron chi connectivity index (χ1n) is 5.30. The summed E-state index contributed by atoms with van der Waals surface area (Å²) in [5, 5.41) is 9.08. The molecule has 1 rings (SSSR count). The molecule has 0 aromatic heterocycles. The normalized spacial score (nSPS) is 13.5. The van der Waals surface area contributed by atoms with Gasteiger partial charge in [0, 0.05) is 18.6 Å². The molecule has 1 aromatic rings. The van der Waals surface area contributed by atoms with Crippen LogP contribution in [0.25, 0.3) is 0 Å². The van der Waals surface area contributed by atoms with Crippen molar-refractivity contribution < 1.29 is 18.3 Å². The Morgan fingerprint density at radius 3 is 2.53 bits per heavy atom. The maximum absolute atomic E-state index is 12.3. The van der Waals surface area contributed by atoms with Gasteiger partial charge in [0.25, 0.3) is 0 Å². The Balaban J connectivity index is 3.10. The monoisotopic (exact) mass is 325 g/mol. The van der Waals surface area contributed by atoms with Crippen LogP contribution in [0.15, 0.2) is 23.1 Å². The third kappa shape index (κ3) is 3.82. The van der Waals surface area contributed by atoms with Gasteiger partial charge in [0.1, 0.15) is 4.90 Å². The lowest BCUT2D eigenvalue weighted by molar-refractivity contribution is -0.141. The third-order valence-electron chi connectivity index (χ3n) is 2.53. The maximum atomic E-state index is 12.3. The number of nitrogens with zero attached hydrogens (tertiary/aromatic N) is 1. The number of hydrogen-bond acceptors (Lipinski definition) is 3. The summed E-state index contributed by atoms with van der Waals surface area (Å²) in [4.78, 5) is 10.6. The lowest BCUT2D eigenvalue weighted by Gasteiger charge is -2.20. The molecule has 0 saturated carbocycles. The topological polar surface area (TPSA) is 74.7 Å². The first-order valence-corrected chi connectivity index (χ1v) is 7.50. The number of rotatable bonds is 5. The number of halogens is 2. The quantitative estimate of drug-likeness (QED) is 0.901. The Hall–Kier alpha value is -0.820. The number of sulfonamides is 1. The molecule has 1 unspecified atom stereocenters. The molecule has 0 fully saturated rings. The fraction of sp³-hybridized carbons (Fsp3) is 0.364. The number of aliphatic carboxylic acids is 1. The van der Waals surface area contributed by atoms with Crippen molar-refractivity contribution in [3.05, 3.63) is 28.2 Å². The van der Waals surface area contributed by atoms with Gasteiger partial charge in [-0.1, -0.05) is 30.1 Å². The minimum atomic E-state index is -3.87. The SMILES string of the molecule is CC(CN(C)S(=O)(=O)c1cc(Cl)ccc1Cl)C(=O)O. The molecule has 106 valence electrons. The van der Waals surface area contributed by atoms with Crippen LogP contribution in [0.2, 0.25) is 10.0 Å². The van der Waals surface area contributed by atoms with Gasteiger partial charge >= 0.3 is 5.97 Å². The summed E-state index contributed by atoms with van der Waals surface area (Å²) < 4.78 is 25.5. The van der Waals surface area contributed by atoms with E-state index < -0.39 is 21.9 Å². The van der Waals surface area contributed by atoms with Gasteiger partial charge in [0.2, 0.25) is 10.0 Å². The van der Waals surface area contributed by atoms with E-state index in [4.69, 9.17) is 28.3 Å². The minimum absolute atomic E-state index is 0.0410. The molecular weight excluding hydrogens is 313 g/mol. The fourth-order valence-corrected chi connectivity index (χ4v) is 3.40. The van der Waals surface area contributed by atoms with Crippen molar-refractivity contribution in [2.45, 2.75) is 11.8 Å². The van der Waals surface area contributed by atoms with E-state index in [0.29, 0.717) is 0 Å². The molecule has 0 amide bonds. The van der Waals surface area contributed by atoms with Crippen molar-refractivity contribution in [1.29, 1.82) is 0 Å². The molecular formula is C11H13Cl2NO4S. The molecule has 19 heavy (non-hydrogen) atoms. The number of benzene rings is 1. The van der Waals surface area contributed by atoms with Gasteiger partial charge in [-0.05, 0) is 18.2 Å². The van der Waals surface area contributed by atoms with Gasteiger partial charge in [0.15, 0.2) is 0 Å². The molecule has 0 spiro atoms. The average molecular weight is 326 g/mol. The number of carboxylic acid groups (broad SMARTS) is 1. The maximum Gasteiger partial charge on any atom is 0.307 e. The summed E-state index contributed by atoms with van der Waals surface area (Å²) in [6.45, 7) is 1.27. The van der Waals surface area contributed by atoms with Gasteiger partial charge in [-0.2, -0.15) is 0 Å². The second-order valence-corrected chi connectivity index (χ2v) is 6.96. The van der Waals surface area contributed by atoms with E-state index in [2.05, 4.69) is 0 Å². The standard InChI is InChI=1S/C11H13Cl2NO4S/c1-7(11(15)16)6-14(2)19(17,18)10-5-8(12)3-4-9(10)13/h3-5,7H,6H2,1-2H3,(H,15,16). The molecule has 8 heteroatoms. The first-order chi connectivity index (χ1) is 8.66. The molecule has 0 radical (unpaired) electrons. The molecule has 0 heterocycles. The van der Waals surface area contributed by atoms with E-state index in [1.165, 1.54) is 32.2 Å². The lowest BCUT2D eigenvalue weighted by atomic mass is 10.2. The van der Waals surface area contributed by atoms with E-state index in [-0.39, 0.29) is 21.5 Å². The highest BCUT2D eigenvalue weighted by atomic mass is 35.5. The summed E-state index contributed by atoms with van der Waals surface area (Å²) in [7, 11) is -2.57. The van der Waals surface area contributed by atoms with Crippen molar-refractivity contribution in [2.24, 2.45) is 5.92 Å². The van der Waals surface area contributed by atoms with Crippen LogP contribution in [-0.4, -0.2) is 37.4 Å². The third-order valence-corrected chi connectivity index (χ3v) is 5.07. The van der Waals surface area contributed by atoms with Crippen molar-refractivity contribution in [2.75, 3.05) is 13.6 Å². The Kier molecular flexibility index (Phi) is 5.20. The predicted molar refractivity (Wildman–Crippen MR) is 73.1 cm³/mol. The fourth-order valence-electron chi connectivity index (χ4n) is 1.40. The van der Waals surface area contributed by atoms with Crippen LogP contribution in [0, 0.1) is 5.92 Å². The molecule has 0 aliphatic heterocycles. The van der Waals surface area contributed by atoms with Crippen molar-refractivity contribution >= 4 is 39.2 Å². The van der Waals surface area contributed by atoms with E-state index in [9.17, 15) is 13.2 Å². The summed E-state index contributed by atoms with van der Waals surface area (Å²) >= 11 is 11.6. The zero-order chi connectivity index (χ0) is 14.8. The molecule has 0 aliphatic carbocycles. The highest BCUT2D eigenvalue weighted by Gasteiger charge is 2.26. The predicted octanol–water partition coefficient (Wildman–Crippen LogP) is 2.33. The molecule has 0 bridgehead atoms. The van der Waals surface area contributed by atoms with Crippen LogP contribution < -0.4 is 0 Å².